The summed E-state index contributed by atoms with van der Waals surface area (Å²) in [5.41, 5.74) is 2.82. The van der Waals surface area contributed by atoms with Crippen molar-refractivity contribution >= 4 is 39.6 Å². The number of hydrogen-bond donors (Lipinski definition) is 4. The zero-order chi connectivity index (χ0) is 24.3. The average Bonchev–Trinajstić information content (AvgIpc) is 2.84. The molecular weight excluding hydrogens is 502 g/mol. The van der Waals surface area contributed by atoms with Gasteiger partial charge in [-0.2, -0.15) is 0 Å². The Balaban J connectivity index is 1.67. The molecule has 176 valence electrons. The van der Waals surface area contributed by atoms with Gasteiger partial charge >= 0.3 is 12.1 Å². The molecular formula is C25H24BrN3O5. The van der Waals surface area contributed by atoms with Crippen LogP contribution < -0.4 is 16.0 Å². The molecule has 0 fully saturated rings. The Labute approximate surface area is 205 Å². The summed E-state index contributed by atoms with van der Waals surface area (Å²) >= 11 is 3.44. The molecule has 3 rings (SSSR count). The Morgan fingerprint density at radius 2 is 1.59 bits per heavy atom. The molecule has 0 aromatic heterocycles. The van der Waals surface area contributed by atoms with E-state index in [1.165, 1.54) is 0 Å². The number of amides is 2. The third-order valence-electron chi connectivity index (χ3n) is 4.80. The molecule has 0 saturated heterocycles. The van der Waals surface area contributed by atoms with E-state index in [2.05, 4.69) is 31.9 Å². The van der Waals surface area contributed by atoms with Crippen molar-refractivity contribution in [2.75, 3.05) is 18.4 Å². The van der Waals surface area contributed by atoms with Crippen LogP contribution in [0, 0.1) is 0 Å². The van der Waals surface area contributed by atoms with Crippen LogP contribution in [0.3, 0.4) is 0 Å². The van der Waals surface area contributed by atoms with E-state index >= 15 is 0 Å². The summed E-state index contributed by atoms with van der Waals surface area (Å²) < 4.78 is 5.88. The second-order valence-corrected chi connectivity index (χ2v) is 8.23. The normalized spacial score (nSPS) is 11.3. The highest BCUT2D eigenvalue weighted by atomic mass is 79.9. The number of ether oxygens (including phenoxy) is 1. The lowest BCUT2D eigenvalue weighted by Crippen LogP contribution is -2.34. The van der Waals surface area contributed by atoms with Crippen LogP contribution >= 0.6 is 15.9 Å². The number of benzene rings is 3. The first-order valence-electron chi connectivity index (χ1n) is 10.5. The smallest absolute Gasteiger partial charge is 0.407 e. The van der Waals surface area contributed by atoms with E-state index in [-0.39, 0.29) is 19.7 Å². The molecule has 4 N–H and O–H groups in total. The monoisotopic (exact) mass is 525 g/mol. The van der Waals surface area contributed by atoms with Gasteiger partial charge in [0.1, 0.15) is 13.2 Å². The zero-order valence-electron chi connectivity index (χ0n) is 18.2. The van der Waals surface area contributed by atoms with Gasteiger partial charge in [-0.15, -0.1) is 0 Å². The van der Waals surface area contributed by atoms with Gasteiger partial charge in [-0.05, 0) is 34.9 Å². The number of carboxylic acid groups (broad SMARTS) is 1. The third kappa shape index (κ3) is 7.72. The van der Waals surface area contributed by atoms with E-state index < -0.39 is 24.0 Å². The van der Waals surface area contributed by atoms with Crippen LogP contribution in [0.4, 0.5) is 10.5 Å². The van der Waals surface area contributed by atoms with Crippen molar-refractivity contribution in [3.05, 3.63) is 100 Å². The lowest BCUT2D eigenvalue weighted by molar-refractivity contribution is -0.136. The largest absolute Gasteiger partial charge is 0.480 e. The number of carbonyl (C=O) groups is 3. The Morgan fingerprint density at radius 1 is 0.912 bits per heavy atom. The minimum absolute atomic E-state index is 0.0964. The van der Waals surface area contributed by atoms with Crippen LogP contribution in [0.15, 0.2) is 83.3 Å². The van der Waals surface area contributed by atoms with E-state index in [9.17, 15) is 19.5 Å². The fourth-order valence-electron chi connectivity index (χ4n) is 3.25. The molecule has 0 radical (unpaired) electrons. The second-order valence-electron chi connectivity index (χ2n) is 7.31. The van der Waals surface area contributed by atoms with Crippen LogP contribution in [-0.2, 0) is 20.9 Å². The highest BCUT2D eigenvalue weighted by Crippen LogP contribution is 2.31. The van der Waals surface area contributed by atoms with Crippen molar-refractivity contribution in [2.24, 2.45) is 0 Å². The van der Waals surface area contributed by atoms with Crippen molar-refractivity contribution in [3.63, 3.8) is 0 Å². The Kier molecular flexibility index (Phi) is 9.19. The molecule has 9 heteroatoms. The summed E-state index contributed by atoms with van der Waals surface area (Å²) in [5.74, 6) is -1.45. The number of anilines is 1. The molecule has 0 aliphatic heterocycles. The van der Waals surface area contributed by atoms with Gasteiger partial charge in [0.25, 0.3) is 0 Å². The third-order valence-corrected chi connectivity index (χ3v) is 5.29. The molecule has 8 nitrogen and oxygen atoms in total. The molecule has 0 aliphatic rings. The SMILES string of the molecule is O=C(O)CNC(c1ccccc1)c1cc(Br)ccc1NC(=O)CNC(=O)OCc1ccccc1. The van der Waals surface area contributed by atoms with Crippen molar-refractivity contribution in [2.45, 2.75) is 12.6 Å². The van der Waals surface area contributed by atoms with Crippen molar-refractivity contribution < 1.29 is 24.2 Å². The van der Waals surface area contributed by atoms with Gasteiger partial charge in [-0.3, -0.25) is 14.9 Å². The van der Waals surface area contributed by atoms with E-state index in [1.54, 1.807) is 12.1 Å². The van der Waals surface area contributed by atoms with Crippen LogP contribution in [-0.4, -0.2) is 36.2 Å². The van der Waals surface area contributed by atoms with Gasteiger partial charge in [-0.25, -0.2) is 4.79 Å². The van der Waals surface area contributed by atoms with Gasteiger partial charge in [-0.1, -0.05) is 76.6 Å². The number of carbonyl (C=O) groups excluding carboxylic acids is 2. The standard InChI is InChI=1S/C25H24BrN3O5/c26-19-11-12-21(20(13-19)24(27-15-23(31)32)18-9-5-2-6-10-18)29-22(30)14-28-25(33)34-16-17-7-3-1-4-8-17/h1-13,24,27H,14-16H2,(H,28,33)(H,29,30)(H,31,32). The summed E-state index contributed by atoms with van der Waals surface area (Å²) in [6, 6.07) is 23.3. The fourth-order valence-corrected chi connectivity index (χ4v) is 3.63. The van der Waals surface area contributed by atoms with E-state index in [0.29, 0.717) is 11.3 Å². The molecule has 1 unspecified atom stereocenters. The van der Waals surface area contributed by atoms with E-state index in [4.69, 9.17) is 4.74 Å². The van der Waals surface area contributed by atoms with Gasteiger partial charge in [0.15, 0.2) is 0 Å². The first-order chi connectivity index (χ1) is 16.4. The van der Waals surface area contributed by atoms with Crippen LogP contribution in [0.1, 0.15) is 22.7 Å². The average molecular weight is 526 g/mol. The highest BCUT2D eigenvalue weighted by Gasteiger charge is 2.20. The quantitative estimate of drug-likeness (QED) is 0.317. The number of rotatable bonds is 10. The molecule has 3 aromatic carbocycles. The maximum atomic E-state index is 12.5. The fraction of sp³-hybridized carbons (Fsp3) is 0.160. The highest BCUT2D eigenvalue weighted by molar-refractivity contribution is 9.10. The van der Waals surface area contributed by atoms with Crippen molar-refractivity contribution in [1.29, 1.82) is 0 Å². The number of alkyl carbamates (subject to hydrolysis) is 1. The number of carboxylic acids is 1. The Hall–Kier alpha value is -3.69. The van der Waals surface area contributed by atoms with E-state index in [0.717, 1.165) is 15.6 Å². The first kappa shape index (κ1) is 24.9. The van der Waals surface area contributed by atoms with Gasteiger partial charge in [0.05, 0.1) is 12.6 Å². The summed E-state index contributed by atoms with van der Waals surface area (Å²) in [4.78, 5) is 35.7. The van der Waals surface area contributed by atoms with Crippen molar-refractivity contribution in [3.8, 4) is 0 Å². The molecule has 1 atom stereocenters. The van der Waals surface area contributed by atoms with Crippen molar-refractivity contribution in [1.82, 2.24) is 10.6 Å². The molecule has 3 aromatic rings. The van der Waals surface area contributed by atoms with Gasteiger partial charge in [0.2, 0.25) is 5.91 Å². The lowest BCUT2D eigenvalue weighted by atomic mass is 9.97. The summed E-state index contributed by atoms with van der Waals surface area (Å²) in [6.07, 6.45) is -0.708. The minimum atomic E-state index is -1.00. The topological polar surface area (TPSA) is 117 Å². The first-order valence-corrected chi connectivity index (χ1v) is 11.3. The molecule has 0 saturated carbocycles. The maximum absolute atomic E-state index is 12.5. The number of aliphatic carboxylic acids is 1. The van der Waals surface area contributed by atoms with E-state index in [1.807, 2.05) is 66.7 Å². The van der Waals surface area contributed by atoms with Crippen LogP contribution in [0.25, 0.3) is 0 Å². The maximum Gasteiger partial charge on any atom is 0.407 e. The molecule has 0 heterocycles. The summed E-state index contributed by atoms with van der Waals surface area (Å²) in [5, 5.41) is 17.4. The number of halogens is 1. The minimum Gasteiger partial charge on any atom is -0.480 e. The number of hydrogen-bond acceptors (Lipinski definition) is 5. The second kappa shape index (κ2) is 12.5. The predicted octanol–water partition coefficient (Wildman–Crippen LogP) is 4.08. The van der Waals surface area contributed by atoms with Gasteiger partial charge < -0.3 is 20.5 Å². The zero-order valence-corrected chi connectivity index (χ0v) is 19.7. The van der Waals surface area contributed by atoms with Gasteiger partial charge in [0, 0.05) is 10.2 Å². The lowest BCUT2D eigenvalue weighted by Gasteiger charge is -2.22. The Morgan fingerprint density at radius 3 is 2.26 bits per heavy atom. The Bertz CT molecular complexity index is 1130. The molecule has 2 amide bonds. The predicted molar refractivity (Wildman–Crippen MR) is 131 cm³/mol. The summed E-state index contributed by atoms with van der Waals surface area (Å²) in [7, 11) is 0. The molecule has 0 spiro atoms. The van der Waals surface area contributed by atoms with Crippen LogP contribution in [0.5, 0.6) is 0 Å². The number of nitrogens with one attached hydrogen (secondary N) is 3. The van der Waals surface area contributed by atoms with Crippen LogP contribution in [0.2, 0.25) is 0 Å². The molecule has 34 heavy (non-hydrogen) atoms. The molecule has 0 aliphatic carbocycles. The summed E-state index contributed by atoms with van der Waals surface area (Å²) in [6.45, 7) is -0.463. The molecule has 0 bridgehead atoms.